The Morgan fingerprint density at radius 2 is 2.12 bits per heavy atom. The summed E-state index contributed by atoms with van der Waals surface area (Å²) in [4.78, 5) is 25.6. The molecule has 1 rings (SSSR count). The number of ether oxygens (including phenoxy) is 1. The van der Waals surface area contributed by atoms with Crippen LogP contribution in [0.4, 0.5) is 0 Å². The van der Waals surface area contributed by atoms with Gasteiger partial charge in [-0.1, -0.05) is 25.4 Å². The average Bonchev–Trinajstić information content (AvgIpc) is 2.21. The van der Waals surface area contributed by atoms with Crippen molar-refractivity contribution < 1.29 is 4.74 Å². The maximum Gasteiger partial charge on any atom is 0.329 e. The van der Waals surface area contributed by atoms with Gasteiger partial charge in [-0.15, -0.1) is 0 Å². The quantitative estimate of drug-likeness (QED) is 0.811. The number of aromatic nitrogens is 2. The lowest BCUT2D eigenvalue weighted by atomic mass is 9.89. The van der Waals surface area contributed by atoms with Crippen molar-refractivity contribution in [1.82, 2.24) is 9.55 Å². The highest BCUT2D eigenvalue weighted by atomic mass is 35.5. The average molecular weight is 261 g/mol. The lowest BCUT2D eigenvalue weighted by Gasteiger charge is -2.24. The fraction of sp³-hybridized carbons (Fsp3) is 0.636. The highest BCUT2D eigenvalue weighted by Crippen LogP contribution is 2.21. The van der Waals surface area contributed by atoms with Gasteiger partial charge in [0, 0.05) is 26.3 Å². The highest BCUT2D eigenvalue weighted by molar-refractivity contribution is 6.29. The van der Waals surface area contributed by atoms with E-state index in [-0.39, 0.29) is 16.1 Å². The Morgan fingerprint density at radius 3 is 2.65 bits per heavy atom. The van der Waals surface area contributed by atoms with Crippen LogP contribution in [0.15, 0.2) is 15.7 Å². The van der Waals surface area contributed by atoms with Crippen LogP contribution in [0.2, 0.25) is 5.15 Å². The molecule has 0 aliphatic carbocycles. The van der Waals surface area contributed by atoms with Gasteiger partial charge in [0.25, 0.3) is 5.56 Å². The van der Waals surface area contributed by atoms with Crippen LogP contribution in [0.25, 0.3) is 0 Å². The van der Waals surface area contributed by atoms with Crippen molar-refractivity contribution in [3.63, 3.8) is 0 Å². The van der Waals surface area contributed by atoms with Crippen molar-refractivity contribution in [3.05, 3.63) is 32.1 Å². The molecule has 0 saturated heterocycles. The van der Waals surface area contributed by atoms with E-state index in [1.807, 2.05) is 13.8 Å². The summed E-state index contributed by atoms with van der Waals surface area (Å²) < 4.78 is 6.15. The summed E-state index contributed by atoms with van der Waals surface area (Å²) in [7, 11) is 1.62. The first-order valence-corrected chi connectivity index (χ1v) is 5.72. The van der Waals surface area contributed by atoms with Crippen molar-refractivity contribution in [1.29, 1.82) is 0 Å². The second kappa shape index (κ2) is 5.51. The third kappa shape index (κ3) is 4.02. The predicted octanol–water partition coefficient (Wildman–Crippen LogP) is 1.25. The third-order valence-electron chi connectivity index (χ3n) is 2.56. The fourth-order valence-corrected chi connectivity index (χ4v) is 1.70. The monoisotopic (exact) mass is 260 g/mol. The molecule has 96 valence electrons. The molecule has 1 heterocycles. The van der Waals surface area contributed by atoms with E-state index in [2.05, 4.69) is 4.98 Å². The minimum absolute atomic E-state index is 0.0611. The molecular formula is C11H17ClN2O3. The van der Waals surface area contributed by atoms with E-state index in [9.17, 15) is 9.59 Å². The van der Waals surface area contributed by atoms with Crippen LogP contribution in [0, 0.1) is 5.41 Å². The first-order chi connectivity index (χ1) is 7.85. The number of nitrogens with one attached hydrogen (secondary N) is 1. The maximum absolute atomic E-state index is 11.6. The van der Waals surface area contributed by atoms with E-state index < -0.39 is 5.69 Å². The second-order valence-electron chi connectivity index (χ2n) is 4.75. The molecule has 0 saturated carbocycles. The molecule has 5 nitrogen and oxygen atoms in total. The number of hydrogen-bond donors (Lipinski definition) is 1. The summed E-state index contributed by atoms with van der Waals surface area (Å²) in [5, 5.41) is 0.0611. The Labute approximate surface area is 104 Å². The summed E-state index contributed by atoms with van der Waals surface area (Å²) in [6.45, 7) is 4.88. The van der Waals surface area contributed by atoms with Gasteiger partial charge in [-0.05, 0) is 11.8 Å². The van der Waals surface area contributed by atoms with Gasteiger partial charge in [0.2, 0.25) is 0 Å². The maximum atomic E-state index is 11.6. The van der Waals surface area contributed by atoms with Crippen LogP contribution in [0.1, 0.15) is 20.3 Å². The number of H-pyrrole nitrogens is 1. The van der Waals surface area contributed by atoms with Crippen molar-refractivity contribution in [3.8, 4) is 0 Å². The van der Waals surface area contributed by atoms with Gasteiger partial charge in [0.15, 0.2) is 0 Å². The normalized spacial score (nSPS) is 11.8. The Morgan fingerprint density at radius 1 is 1.47 bits per heavy atom. The molecule has 0 spiro atoms. The molecule has 0 atom stereocenters. The fourth-order valence-electron chi connectivity index (χ4n) is 1.53. The van der Waals surface area contributed by atoms with Crippen LogP contribution in [-0.2, 0) is 11.3 Å². The molecular weight excluding hydrogens is 244 g/mol. The lowest BCUT2D eigenvalue weighted by molar-refractivity contribution is 0.141. The minimum Gasteiger partial charge on any atom is -0.385 e. The molecule has 0 aliphatic heterocycles. The largest absolute Gasteiger partial charge is 0.385 e. The van der Waals surface area contributed by atoms with Gasteiger partial charge in [0.05, 0.1) is 0 Å². The van der Waals surface area contributed by atoms with Crippen molar-refractivity contribution >= 4 is 11.6 Å². The zero-order valence-corrected chi connectivity index (χ0v) is 11.0. The first kappa shape index (κ1) is 14.0. The molecule has 0 radical (unpaired) electrons. The standard InChI is InChI=1S/C11H17ClN2O3/c1-11(2,4-5-17-3)7-14-9(15)6-8(12)13-10(14)16/h6H,4-5,7H2,1-3H3,(H,13,16). The SMILES string of the molecule is COCCC(C)(C)Cn1c(=O)cc(Cl)[nH]c1=O. The lowest BCUT2D eigenvalue weighted by Crippen LogP contribution is -2.39. The number of aromatic amines is 1. The number of rotatable bonds is 5. The number of halogens is 1. The molecule has 0 fully saturated rings. The van der Waals surface area contributed by atoms with E-state index >= 15 is 0 Å². The Balaban J connectivity index is 2.96. The topological polar surface area (TPSA) is 64.1 Å². The van der Waals surface area contributed by atoms with Crippen molar-refractivity contribution in [2.45, 2.75) is 26.8 Å². The smallest absolute Gasteiger partial charge is 0.329 e. The van der Waals surface area contributed by atoms with Gasteiger partial charge < -0.3 is 4.74 Å². The summed E-state index contributed by atoms with van der Waals surface area (Å²) >= 11 is 5.59. The summed E-state index contributed by atoms with van der Waals surface area (Å²) in [5.41, 5.74) is -1.06. The van der Waals surface area contributed by atoms with Crippen LogP contribution in [0.5, 0.6) is 0 Å². The summed E-state index contributed by atoms with van der Waals surface area (Å²) in [6, 6.07) is 1.20. The van der Waals surface area contributed by atoms with E-state index in [0.29, 0.717) is 13.2 Å². The Kier molecular flexibility index (Phi) is 4.54. The van der Waals surface area contributed by atoms with Crippen molar-refractivity contribution in [2.24, 2.45) is 5.41 Å². The van der Waals surface area contributed by atoms with E-state index in [0.717, 1.165) is 11.0 Å². The van der Waals surface area contributed by atoms with Crippen LogP contribution < -0.4 is 11.2 Å². The molecule has 0 aliphatic rings. The molecule has 0 unspecified atom stereocenters. The zero-order valence-electron chi connectivity index (χ0n) is 10.2. The molecule has 6 heteroatoms. The predicted molar refractivity (Wildman–Crippen MR) is 66.6 cm³/mol. The van der Waals surface area contributed by atoms with Crippen LogP contribution in [-0.4, -0.2) is 23.3 Å². The van der Waals surface area contributed by atoms with Gasteiger partial charge >= 0.3 is 5.69 Å². The molecule has 17 heavy (non-hydrogen) atoms. The van der Waals surface area contributed by atoms with Gasteiger partial charge in [-0.25, -0.2) is 4.79 Å². The second-order valence-corrected chi connectivity index (χ2v) is 5.16. The summed E-state index contributed by atoms with van der Waals surface area (Å²) in [5.74, 6) is 0. The number of hydrogen-bond acceptors (Lipinski definition) is 3. The first-order valence-electron chi connectivity index (χ1n) is 5.34. The number of methoxy groups -OCH3 is 1. The Hall–Kier alpha value is -1.07. The molecule has 1 aromatic heterocycles. The van der Waals surface area contributed by atoms with E-state index in [1.165, 1.54) is 6.07 Å². The van der Waals surface area contributed by atoms with Gasteiger partial charge in [-0.2, -0.15) is 0 Å². The molecule has 0 aromatic carbocycles. The molecule has 1 N–H and O–H groups in total. The molecule has 1 aromatic rings. The number of nitrogens with zero attached hydrogens (tertiary/aromatic N) is 1. The summed E-state index contributed by atoms with van der Waals surface area (Å²) in [6.07, 6.45) is 0.762. The van der Waals surface area contributed by atoms with Crippen LogP contribution in [0.3, 0.4) is 0 Å². The Bertz CT molecular complexity index is 459. The van der Waals surface area contributed by atoms with Gasteiger partial charge in [-0.3, -0.25) is 14.3 Å². The minimum atomic E-state index is -0.479. The van der Waals surface area contributed by atoms with Gasteiger partial charge in [0.1, 0.15) is 5.15 Å². The van der Waals surface area contributed by atoms with Crippen LogP contribution >= 0.6 is 11.6 Å². The zero-order chi connectivity index (χ0) is 13.1. The molecule has 0 bridgehead atoms. The van der Waals surface area contributed by atoms with Crippen molar-refractivity contribution in [2.75, 3.05) is 13.7 Å². The molecule has 0 amide bonds. The highest BCUT2D eigenvalue weighted by Gasteiger charge is 2.20. The van der Waals surface area contributed by atoms with E-state index in [4.69, 9.17) is 16.3 Å². The third-order valence-corrected chi connectivity index (χ3v) is 2.76. The van der Waals surface area contributed by atoms with E-state index in [1.54, 1.807) is 7.11 Å².